The molecule has 302 valence electrons. The van der Waals surface area contributed by atoms with E-state index in [9.17, 15) is 39.2 Å². The molecule has 4 rings (SSSR count). The van der Waals surface area contributed by atoms with Gasteiger partial charge in [0.05, 0.1) is 16.4 Å². The van der Waals surface area contributed by atoms with Gasteiger partial charge in [-0.15, -0.1) is 11.3 Å². The van der Waals surface area contributed by atoms with Crippen molar-refractivity contribution in [2.24, 2.45) is 11.8 Å². The van der Waals surface area contributed by atoms with Gasteiger partial charge >= 0.3 is 11.9 Å². The topological polar surface area (TPSA) is 201 Å². The predicted octanol–water partition coefficient (Wildman–Crippen LogP) is 5.24. The quantitative estimate of drug-likeness (QED) is 0.114. The second-order valence-corrected chi connectivity index (χ2v) is 16.4. The number of aromatic nitrogens is 1. The summed E-state index contributed by atoms with van der Waals surface area (Å²) in [4.78, 5) is 85.5. The smallest absolute Gasteiger partial charge is 0.311 e. The van der Waals surface area contributed by atoms with Gasteiger partial charge in [0.25, 0.3) is 11.6 Å². The van der Waals surface area contributed by atoms with E-state index < -0.39 is 58.5 Å². The Kier molecular flexibility index (Phi) is 14.5. The summed E-state index contributed by atoms with van der Waals surface area (Å²) in [5.41, 5.74) is 0.0924. The fraction of sp³-hybridized carbons (Fsp3) is 0.641. The molecule has 1 aliphatic heterocycles. The van der Waals surface area contributed by atoms with Crippen molar-refractivity contribution in [1.82, 2.24) is 25.4 Å². The van der Waals surface area contributed by atoms with Gasteiger partial charge < -0.3 is 25.4 Å². The largest absolute Gasteiger partial charge is 0.481 e. The van der Waals surface area contributed by atoms with Gasteiger partial charge in [-0.05, 0) is 82.5 Å². The summed E-state index contributed by atoms with van der Waals surface area (Å²) in [6.07, 6.45) is 2.93. The number of benzene rings is 1. The van der Waals surface area contributed by atoms with Crippen LogP contribution in [-0.2, 0) is 30.3 Å². The van der Waals surface area contributed by atoms with E-state index in [0.29, 0.717) is 35.5 Å². The monoisotopic (exact) mass is 784 g/mol. The molecule has 2 aromatic rings. The minimum absolute atomic E-state index is 0.0350. The lowest BCUT2D eigenvalue weighted by molar-refractivity contribution is -0.385. The summed E-state index contributed by atoms with van der Waals surface area (Å²) in [7, 11) is 1.94. The average molecular weight is 785 g/mol. The molecule has 1 aromatic carbocycles. The normalized spacial score (nSPS) is 22.1. The minimum atomic E-state index is -1.15. The number of rotatable bonds is 16. The van der Waals surface area contributed by atoms with Crippen molar-refractivity contribution in [2.45, 2.75) is 129 Å². The van der Waals surface area contributed by atoms with Crippen LogP contribution in [0.3, 0.4) is 0 Å². The van der Waals surface area contributed by atoms with E-state index in [1.807, 2.05) is 48.6 Å². The molecule has 1 fully saturated rings. The van der Waals surface area contributed by atoms with Crippen molar-refractivity contribution >= 4 is 46.7 Å². The van der Waals surface area contributed by atoms with E-state index in [1.54, 1.807) is 10.3 Å². The molecule has 16 heteroatoms. The van der Waals surface area contributed by atoms with Crippen molar-refractivity contribution in [2.75, 3.05) is 20.1 Å². The number of carbonyl (C=O) groups is 5. The van der Waals surface area contributed by atoms with Gasteiger partial charge in [-0.2, -0.15) is 0 Å². The number of aliphatic carboxylic acids is 1. The number of carbonyl (C=O) groups excluding carboxylic acids is 4. The SMILES string of the molecule is CC[C@H](C)[C@H](NC(=O)[C@@]1(C)CCCCN1C)C(=O)N(CC)[C@H](C[C@@H](OC(C)=O)c1nc(C(=O)N[C@H]2Cc3ccc([N+](=O)[O-])cc3[C@H](C(=O)O)C2)cs1)C(C)C. The van der Waals surface area contributed by atoms with Crippen molar-refractivity contribution in [3.63, 3.8) is 0 Å². The van der Waals surface area contributed by atoms with Gasteiger partial charge in [0, 0.05) is 49.5 Å². The summed E-state index contributed by atoms with van der Waals surface area (Å²) in [5, 5.41) is 29.1. The number of nitrogens with zero attached hydrogens (tertiary/aromatic N) is 4. The number of non-ortho nitro benzene ring substituents is 1. The first-order valence-corrected chi connectivity index (χ1v) is 20.1. The number of hydrogen-bond donors (Lipinski definition) is 3. The predicted molar refractivity (Wildman–Crippen MR) is 207 cm³/mol. The molecule has 15 nitrogen and oxygen atoms in total. The molecule has 7 atom stereocenters. The van der Waals surface area contributed by atoms with E-state index >= 15 is 0 Å². The zero-order valence-electron chi connectivity index (χ0n) is 33.1. The number of esters is 1. The molecule has 0 saturated carbocycles. The number of likely N-dealkylation sites (N-methyl/N-ethyl adjacent to an activating group) is 2. The van der Waals surface area contributed by atoms with Gasteiger partial charge in [-0.3, -0.25) is 39.0 Å². The lowest BCUT2D eigenvalue weighted by Crippen LogP contribution is -2.63. The summed E-state index contributed by atoms with van der Waals surface area (Å²) in [6.45, 7) is 14.1. The van der Waals surface area contributed by atoms with E-state index in [2.05, 4.69) is 20.5 Å². The molecule has 0 spiro atoms. The Morgan fingerprint density at radius 1 is 1.18 bits per heavy atom. The number of nitro groups is 1. The van der Waals surface area contributed by atoms with Gasteiger partial charge in [0.15, 0.2) is 6.10 Å². The number of hydrogen-bond acceptors (Lipinski definition) is 11. The highest BCUT2D eigenvalue weighted by Crippen LogP contribution is 2.36. The molecule has 1 aliphatic carbocycles. The molecule has 0 bridgehead atoms. The first-order chi connectivity index (χ1) is 25.9. The Bertz CT molecular complexity index is 1750. The molecule has 2 heterocycles. The van der Waals surface area contributed by atoms with Crippen molar-refractivity contribution in [3.05, 3.63) is 55.5 Å². The summed E-state index contributed by atoms with van der Waals surface area (Å²) in [6, 6.07) is 2.35. The van der Waals surface area contributed by atoms with E-state index in [0.717, 1.165) is 30.7 Å². The van der Waals surface area contributed by atoms with Crippen LogP contribution in [0.5, 0.6) is 0 Å². The molecule has 3 N–H and O–H groups in total. The first kappa shape index (κ1) is 43.3. The number of ether oxygens (including phenoxy) is 1. The van der Waals surface area contributed by atoms with Gasteiger partial charge in [0.2, 0.25) is 11.8 Å². The van der Waals surface area contributed by atoms with Crippen LogP contribution < -0.4 is 10.6 Å². The van der Waals surface area contributed by atoms with E-state index in [4.69, 9.17) is 4.74 Å². The highest BCUT2D eigenvalue weighted by Gasteiger charge is 2.43. The molecular formula is C39H56N6O9S. The Hall–Kier alpha value is -4.44. The number of nitrogens with one attached hydrogen (secondary N) is 2. The summed E-state index contributed by atoms with van der Waals surface area (Å²) < 4.78 is 5.79. The van der Waals surface area contributed by atoms with Crippen molar-refractivity contribution in [3.8, 4) is 0 Å². The number of fused-ring (bicyclic) bond motifs is 1. The van der Waals surface area contributed by atoms with Crippen LogP contribution in [0.4, 0.5) is 5.69 Å². The third-order valence-corrected chi connectivity index (χ3v) is 12.4. The van der Waals surface area contributed by atoms with E-state index in [-0.39, 0.29) is 54.3 Å². The molecule has 1 aromatic heterocycles. The third-order valence-electron chi connectivity index (χ3n) is 11.4. The maximum atomic E-state index is 14.5. The molecule has 55 heavy (non-hydrogen) atoms. The Balaban J connectivity index is 1.54. The summed E-state index contributed by atoms with van der Waals surface area (Å²) >= 11 is 1.14. The van der Waals surface area contributed by atoms with Crippen LogP contribution in [0.1, 0.15) is 126 Å². The minimum Gasteiger partial charge on any atom is -0.481 e. The average Bonchev–Trinajstić information content (AvgIpc) is 3.64. The summed E-state index contributed by atoms with van der Waals surface area (Å²) in [5.74, 6) is -3.91. The number of nitro benzene ring substituents is 1. The van der Waals surface area contributed by atoms with Crippen LogP contribution in [0.25, 0.3) is 0 Å². The molecular weight excluding hydrogens is 729 g/mol. The standard InChI is InChI=1S/C39H56N6O9S/c1-9-23(5)33(42-38(51)39(7)15-11-12-16-43(39)8)36(48)44(10-2)31(22(3)4)20-32(54-24(6)46)35-41-30(21-55-35)34(47)40-26-17-25-13-14-27(45(52)53)19-28(25)29(18-26)37(49)50/h13-14,19,21-23,26,29,31-33H,9-12,15-18,20H2,1-8H3,(H,40,47)(H,42,51)(H,49,50)/t23-,26-,29+,31+,32+,33-,39+/m0/s1. The maximum absolute atomic E-state index is 14.5. The van der Waals surface area contributed by atoms with Gasteiger partial charge in [0.1, 0.15) is 16.7 Å². The second kappa shape index (κ2) is 18.5. The lowest BCUT2D eigenvalue weighted by atomic mass is 9.80. The van der Waals surface area contributed by atoms with Gasteiger partial charge in [-0.1, -0.05) is 40.2 Å². The molecule has 0 unspecified atom stereocenters. The van der Waals surface area contributed by atoms with Gasteiger partial charge in [-0.25, -0.2) is 4.98 Å². The lowest BCUT2D eigenvalue weighted by Gasteiger charge is -2.43. The number of likely N-dealkylation sites (tertiary alicyclic amines) is 1. The number of carboxylic acids is 1. The molecule has 2 aliphatic rings. The van der Waals surface area contributed by atoms with Crippen molar-refractivity contribution in [1.29, 1.82) is 0 Å². The Morgan fingerprint density at radius 3 is 2.47 bits per heavy atom. The Morgan fingerprint density at radius 2 is 1.89 bits per heavy atom. The number of piperidine rings is 1. The van der Waals surface area contributed by atoms with Crippen LogP contribution in [0, 0.1) is 22.0 Å². The number of thiazole rings is 1. The number of amides is 3. The van der Waals surface area contributed by atoms with Crippen LogP contribution in [0.15, 0.2) is 23.6 Å². The second-order valence-electron chi connectivity index (χ2n) is 15.5. The zero-order chi connectivity index (χ0) is 40.8. The first-order valence-electron chi connectivity index (χ1n) is 19.2. The van der Waals surface area contributed by atoms with Crippen LogP contribution >= 0.6 is 11.3 Å². The van der Waals surface area contributed by atoms with Crippen LogP contribution in [-0.4, -0.2) is 98.3 Å². The molecule has 1 saturated heterocycles. The maximum Gasteiger partial charge on any atom is 0.311 e. The highest BCUT2D eigenvalue weighted by atomic mass is 32.1. The van der Waals surface area contributed by atoms with Crippen molar-refractivity contribution < 1.29 is 38.7 Å². The Labute approximate surface area is 326 Å². The zero-order valence-corrected chi connectivity index (χ0v) is 33.9. The molecule has 3 amide bonds. The molecule has 0 radical (unpaired) electrons. The van der Waals surface area contributed by atoms with Crippen LogP contribution in [0.2, 0.25) is 0 Å². The highest BCUT2D eigenvalue weighted by molar-refractivity contribution is 7.09. The third kappa shape index (κ3) is 10.1. The fourth-order valence-corrected chi connectivity index (χ4v) is 8.58. The fourth-order valence-electron chi connectivity index (χ4n) is 7.74. The van der Waals surface area contributed by atoms with E-state index in [1.165, 1.54) is 25.1 Å². The number of carboxylic acid groups (broad SMARTS) is 1.